The molecule has 5 heteroatoms. The van der Waals surface area contributed by atoms with Crippen LogP contribution in [0.1, 0.15) is 6.92 Å². The van der Waals surface area contributed by atoms with Gasteiger partial charge in [-0.05, 0) is 37.3 Å². The third kappa shape index (κ3) is 4.79. The summed E-state index contributed by atoms with van der Waals surface area (Å²) >= 11 is 11.0. The highest BCUT2D eigenvalue weighted by Gasteiger charge is 2.01. The van der Waals surface area contributed by atoms with Crippen molar-refractivity contribution in [2.75, 3.05) is 19.0 Å². The van der Waals surface area contributed by atoms with E-state index in [-0.39, 0.29) is 6.10 Å². The summed E-state index contributed by atoms with van der Waals surface area (Å²) in [6.45, 7) is 2.64. The number of rotatable bonds is 4. The molecular formula is C11H15ClN2OS. The lowest BCUT2D eigenvalue weighted by atomic mass is 10.3. The van der Waals surface area contributed by atoms with E-state index in [0.29, 0.717) is 16.7 Å². The number of nitrogens with one attached hydrogen (secondary N) is 2. The number of thiocarbonyl (C=S) groups is 1. The van der Waals surface area contributed by atoms with Gasteiger partial charge in [0.25, 0.3) is 0 Å². The van der Waals surface area contributed by atoms with E-state index in [0.717, 1.165) is 5.69 Å². The van der Waals surface area contributed by atoms with Gasteiger partial charge in [-0.2, -0.15) is 0 Å². The van der Waals surface area contributed by atoms with Gasteiger partial charge in [0.1, 0.15) is 0 Å². The zero-order valence-corrected chi connectivity index (χ0v) is 10.9. The van der Waals surface area contributed by atoms with E-state index in [1.54, 1.807) is 7.11 Å². The van der Waals surface area contributed by atoms with E-state index in [1.165, 1.54) is 0 Å². The Morgan fingerprint density at radius 1 is 1.56 bits per heavy atom. The number of hydrogen-bond acceptors (Lipinski definition) is 2. The zero-order chi connectivity index (χ0) is 12.0. The van der Waals surface area contributed by atoms with Crippen LogP contribution in [0.25, 0.3) is 0 Å². The molecule has 0 saturated heterocycles. The molecule has 1 aromatic carbocycles. The highest BCUT2D eigenvalue weighted by molar-refractivity contribution is 7.80. The molecule has 0 spiro atoms. The summed E-state index contributed by atoms with van der Waals surface area (Å²) < 4.78 is 5.10. The Balaban J connectivity index is 2.40. The van der Waals surface area contributed by atoms with Gasteiger partial charge in [0.15, 0.2) is 5.11 Å². The fourth-order valence-corrected chi connectivity index (χ4v) is 1.45. The Morgan fingerprint density at radius 3 is 2.94 bits per heavy atom. The first-order chi connectivity index (χ1) is 7.61. The Kier molecular flexibility index (Phi) is 5.52. The van der Waals surface area contributed by atoms with Gasteiger partial charge in [0, 0.05) is 24.4 Å². The van der Waals surface area contributed by atoms with Crippen LogP contribution >= 0.6 is 23.8 Å². The van der Waals surface area contributed by atoms with Crippen molar-refractivity contribution in [2.24, 2.45) is 0 Å². The monoisotopic (exact) mass is 258 g/mol. The smallest absolute Gasteiger partial charge is 0.170 e. The third-order valence-corrected chi connectivity index (χ3v) is 2.52. The Labute approximate surface area is 106 Å². The maximum atomic E-state index is 5.85. The van der Waals surface area contributed by atoms with Gasteiger partial charge in [0.2, 0.25) is 0 Å². The van der Waals surface area contributed by atoms with Crippen LogP contribution in [0.4, 0.5) is 5.69 Å². The minimum absolute atomic E-state index is 0.124. The number of halogens is 1. The van der Waals surface area contributed by atoms with Gasteiger partial charge in [-0.1, -0.05) is 17.7 Å². The second-order valence-corrected chi connectivity index (χ2v) is 4.24. The summed E-state index contributed by atoms with van der Waals surface area (Å²) in [4.78, 5) is 0. The second-order valence-electron chi connectivity index (χ2n) is 3.39. The quantitative estimate of drug-likeness (QED) is 0.814. The first-order valence-electron chi connectivity index (χ1n) is 4.95. The molecule has 1 atom stereocenters. The summed E-state index contributed by atoms with van der Waals surface area (Å²) in [7, 11) is 1.67. The molecule has 0 heterocycles. The second kappa shape index (κ2) is 6.68. The predicted molar refractivity (Wildman–Crippen MR) is 72.1 cm³/mol. The van der Waals surface area contributed by atoms with Crippen molar-refractivity contribution in [3.05, 3.63) is 29.3 Å². The van der Waals surface area contributed by atoms with Gasteiger partial charge in [0.05, 0.1) is 6.10 Å². The molecule has 88 valence electrons. The number of benzene rings is 1. The maximum absolute atomic E-state index is 5.85. The third-order valence-electron chi connectivity index (χ3n) is 2.03. The highest BCUT2D eigenvalue weighted by Crippen LogP contribution is 2.14. The molecule has 1 rings (SSSR count). The largest absolute Gasteiger partial charge is 0.380 e. The number of methoxy groups -OCH3 is 1. The summed E-state index contributed by atoms with van der Waals surface area (Å²) in [5.74, 6) is 0. The van der Waals surface area contributed by atoms with Crippen LogP contribution in [-0.2, 0) is 4.74 Å². The molecule has 0 fully saturated rings. The van der Waals surface area contributed by atoms with Crippen LogP contribution in [0.5, 0.6) is 0 Å². The SMILES string of the molecule is COC(C)CNC(=S)Nc1cccc(Cl)c1. The zero-order valence-electron chi connectivity index (χ0n) is 9.29. The summed E-state index contributed by atoms with van der Waals surface area (Å²) in [5.41, 5.74) is 0.870. The van der Waals surface area contributed by atoms with Gasteiger partial charge < -0.3 is 15.4 Å². The summed E-state index contributed by atoms with van der Waals surface area (Å²) in [6, 6.07) is 7.40. The highest BCUT2D eigenvalue weighted by atomic mass is 35.5. The number of ether oxygens (including phenoxy) is 1. The van der Waals surface area contributed by atoms with Gasteiger partial charge >= 0.3 is 0 Å². The van der Waals surface area contributed by atoms with Crippen LogP contribution in [-0.4, -0.2) is 24.9 Å². The van der Waals surface area contributed by atoms with Crippen molar-refractivity contribution in [2.45, 2.75) is 13.0 Å². The van der Waals surface area contributed by atoms with Crippen LogP contribution in [0, 0.1) is 0 Å². The number of anilines is 1. The molecule has 0 saturated carbocycles. The maximum Gasteiger partial charge on any atom is 0.170 e. The molecule has 0 aliphatic carbocycles. The predicted octanol–water partition coefficient (Wildman–Crippen LogP) is 2.66. The van der Waals surface area contributed by atoms with Crippen molar-refractivity contribution in [3.63, 3.8) is 0 Å². The first-order valence-corrected chi connectivity index (χ1v) is 5.73. The first kappa shape index (κ1) is 13.2. The van der Waals surface area contributed by atoms with Crippen molar-refractivity contribution in [3.8, 4) is 0 Å². The van der Waals surface area contributed by atoms with Crippen molar-refractivity contribution in [1.82, 2.24) is 5.32 Å². The minimum Gasteiger partial charge on any atom is -0.380 e. The molecule has 16 heavy (non-hydrogen) atoms. The van der Waals surface area contributed by atoms with Crippen molar-refractivity contribution < 1.29 is 4.74 Å². The van der Waals surface area contributed by atoms with E-state index in [9.17, 15) is 0 Å². The van der Waals surface area contributed by atoms with Crippen molar-refractivity contribution >= 4 is 34.6 Å². The van der Waals surface area contributed by atoms with Crippen LogP contribution in [0.2, 0.25) is 5.02 Å². The topological polar surface area (TPSA) is 33.3 Å². The Hall–Kier alpha value is -0.840. The molecule has 1 unspecified atom stereocenters. The van der Waals surface area contributed by atoms with E-state index >= 15 is 0 Å². The van der Waals surface area contributed by atoms with Crippen LogP contribution < -0.4 is 10.6 Å². The molecular weight excluding hydrogens is 244 g/mol. The van der Waals surface area contributed by atoms with E-state index in [1.807, 2.05) is 31.2 Å². The number of hydrogen-bond donors (Lipinski definition) is 2. The lowest BCUT2D eigenvalue weighted by Crippen LogP contribution is -2.34. The molecule has 0 amide bonds. The Morgan fingerprint density at radius 2 is 2.31 bits per heavy atom. The van der Waals surface area contributed by atoms with E-state index in [4.69, 9.17) is 28.6 Å². The van der Waals surface area contributed by atoms with Crippen LogP contribution in [0.3, 0.4) is 0 Å². The Bertz CT molecular complexity index is 360. The van der Waals surface area contributed by atoms with E-state index < -0.39 is 0 Å². The average molecular weight is 259 g/mol. The van der Waals surface area contributed by atoms with E-state index in [2.05, 4.69) is 10.6 Å². The molecule has 0 aliphatic rings. The van der Waals surface area contributed by atoms with Gasteiger partial charge in [-0.25, -0.2) is 0 Å². The summed E-state index contributed by atoms with van der Waals surface area (Å²) in [5, 5.41) is 7.34. The molecule has 0 radical (unpaired) electrons. The van der Waals surface area contributed by atoms with Gasteiger partial charge in [-0.15, -0.1) is 0 Å². The molecule has 3 nitrogen and oxygen atoms in total. The average Bonchev–Trinajstić information content (AvgIpc) is 2.26. The molecule has 0 aromatic heterocycles. The fraction of sp³-hybridized carbons (Fsp3) is 0.364. The summed E-state index contributed by atoms with van der Waals surface area (Å²) in [6.07, 6.45) is 0.124. The van der Waals surface area contributed by atoms with Crippen molar-refractivity contribution in [1.29, 1.82) is 0 Å². The van der Waals surface area contributed by atoms with Gasteiger partial charge in [-0.3, -0.25) is 0 Å². The molecule has 0 aliphatic heterocycles. The molecule has 0 bridgehead atoms. The normalized spacial score (nSPS) is 11.9. The molecule has 2 N–H and O–H groups in total. The lowest BCUT2D eigenvalue weighted by Gasteiger charge is -2.14. The lowest BCUT2D eigenvalue weighted by molar-refractivity contribution is 0.121. The standard InChI is InChI=1S/C11H15ClN2OS/c1-8(15-2)7-13-11(16)14-10-5-3-4-9(12)6-10/h3-6,8H,7H2,1-2H3,(H2,13,14,16). The molecule has 1 aromatic rings. The fourth-order valence-electron chi connectivity index (χ4n) is 1.06. The minimum atomic E-state index is 0.124. The van der Waals surface area contributed by atoms with Crippen LogP contribution in [0.15, 0.2) is 24.3 Å².